The van der Waals surface area contributed by atoms with Crippen LogP contribution >= 0.6 is 24.0 Å². The average Bonchev–Trinajstić information content (AvgIpc) is 2.48. The first-order valence-electron chi connectivity index (χ1n) is 7.32. The number of esters is 1. The number of nitrogens with zero attached hydrogens (tertiary/aromatic N) is 1. The predicted octanol–water partition coefficient (Wildman–Crippen LogP) is 2.62. The van der Waals surface area contributed by atoms with Crippen LogP contribution in [0.3, 0.4) is 0 Å². The number of aryl methyl sites for hydroxylation is 1. The molecular formula is C16H26IN3O2. The monoisotopic (exact) mass is 419 g/mol. The lowest BCUT2D eigenvalue weighted by atomic mass is 10.1. The van der Waals surface area contributed by atoms with Gasteiger partial charge in [-0.3, -0.25) is 9.79 Å². The Labute approximate surface area is 149 Å². The molecule has 6 heteroatoms. The largest absolute Gasteiger partial charge is 0.466 e. The fourth-order valence-electron chi connectivity index (χ4n) is 1.88. The van der Waals surface area contributed by atoms with Gasteiger partial charge in [-0.2, -0.15) is 0 Å². The fraction of sp³-hybridized carbons (Fsp3) is 0.500. The van der Waals surface area contributed by atoms with E-state index in [2.05, 4.69) is 34.7 Å². The van der Waals surface area contributed by atoms with E-state index in [0.717, 1.165) is 18.9 Å². The maximum absolute atomic E-state index is 11.2. The van der Waals surface area contributed by atoms with Crippen LogP contribution in [0.25, 0.3) is 0 Å². The minimum atomic E-state index is -0.151. The molecule has 1 rings (SSSR count). The van der Waals surface area contributed by atoms with Gasteiger partial charge in [0.1, 0.15) is 0 Å². The van der Waals surface area contributed by atoms with Crippen LogP contribution in [-0.4, -0.2) is 32.1 Å². The van der Waals surface area contributed by atoms with E-state index in [1.807, 2.05) is 19.1 Å². The highest BCUT2D eigenvalue weighted by molar-refractivity contribution is 14.0. The first-order valence-corrected chi connectivity index (χ1v) is 7.32. The number of carbonyl (C=O) groups excluding carboxylic acids is 1. The summed E-state index contributed by atoms with van der Waals surface area (Å²) in [5, 5.41) is 6.45. The van der Waals surface area contributed by atoms with Crippen molar-refractivity contribution in [2.45, 2.75) is 33.2 Å². The van der Waals surface area contributed by atoms with Crippen molar-refractivity contribution in [1.29, 1.82) is 0 Å². The maximum Gasteiger partial charge on any atom is 0.305 e. The number of nitrogens with one attached hydrogen (secondary N) is 2. The molecule has 0 amide bonds. The van der Waals surface area contributed by atoms with E-state index in [1.165, 1.54) is 11.1 Å². The van der Waals surface area contributed by atoms with Gasteiger partial charge < -0.3 is 15.4 Å². The Morgan fingerprint density at radius 2 is 2.00 bits per heavy atom. The summed E-state index contributed by atoms with van der Waals surface area (Å²) < 4.78 is 4.88. The summed E-state index contributed by atoms with van der Waals surface area (Å²) in [5.74, 6) is 0.587. The third kappa shape index (κ3) is 8.21. The summed E-state index contributed by atoms with van der Waals surface area (Å²) in [6, 6.07) is 8.24. The number of guanidine groups is 1. The van der Waals surface area contributed by atoms with Crippen LogP contribution in [0.4, 0.5) is 0 Å². The second-order valence-electron chi connectivity index (χ2n) is 4.69. The van der Waals surface area contributed by atoms with Crippen molar-refractivity contribution >= 4 is 35.9 Å². The highest BCUT2D eigenvalue weighted by Crippen LogP contribution is 2.05. The average molecular weight is 419 g/mol. The van der Waals surface area contributed by atoms with Crippen LogP contribution in [0, 0.1) is 6.92 Å². The molecule has 0 heterocycles. The Morgan fingerprint density at radius 3 is 2.64 bits per heavy atom. The third-order valence-corrected chi connectivity index (χ3v) is 3.09. The number of rotatable bonds is 7. The van der Waals surface area contributed by atoms with Crippen LogP contribution < -0.4 is 10.6 Å². The highest BCUT2D eigenvalue weighted by atomic mass is 127. The van der Waals surface area contributed by atoms with Crippen molar-refractivity contribution in [2.75, 3.05) is 20.2 Å². The van der Waals surface area contributed by atoms with Gasteiger partial charge in [0.05, 0.1) is 6.61 Å². The van der Waals surface area contributed by atoms with Crippen LogP contribution in [0.15, 0.2) is 29.3 Å². The van der Waals surface area contributed by atoms with Gasteiger partial charge in [-0.15, -0.1) is 24.0 Å². The molecule has 5 nitrogen and oxygen atoms in total. The van der Waals surface area contributed by atoms with E-state index >= 15 is 0 Å². The second kappa shape index (κ2) is 12.3. The quantitative estimate of drug-likeness (QED) is 0.235. The van der Waals surface area contributed by atoms with Crippen LogP contribution in [0.5, 0.6) is 0 Å². The van der Waals surface area contributed by atoms with Gasteiger partial charge in [-0.25, -0.2) is 0 Å². The Bertz CT molecular complexity index is 478. The summed E-state index contributed by atoms with van der Waals surface area (Å²) >= 11 is 0. The Balaban J connectivity index is 0.00000441. The van der Waals surface area contributed by atoms with E-state index in [0.29, 0.717) is 19.6 Å². The molecule has 0 aliphatic rings. The molecule has 0 radical (unpaired) electrons. The number of benzene rings is 1. The van der Waals surface area contributed by atoms with Gasteiger partial charge in [0.2, 0.25) is 0 Å². The van der Waals surface area contributed by atoms with Crippen molar-refractivity contribution in [3.05, 3.63) is 35.4 Å². The minimum Gasteiger partial charge on any atom is -0.466 e. The number of ether oxygens (including phenoxy) is 1. The Hall–Kier alpha value is -1.31. The molecule has 0 bridgehead atoms. The number of carbonyl (C=O) groups is 1. The summed E-state index contributed by atoms with van der Waals surface area (Å²) in [5.41, 5.74) is 2.50. The van der Waals surface area contributed by atoms with Crippen molar-refractivity contribution in [3.8, 4) is 0 Å². The molecule has 0 aromatic heterocycles. The van der Waals surface area contributed by atoms with Crippen LogP contribution in [-0.2, 0) is 16.1 Å². The lowest BCUT2D eigenvalue weighted by Crippen LogP contribution is -2.37. The first-order chi connectivity index (χ1) is 10.2. The lowest BCUT2D eigenvalue weighted by Gasteiger charge is -2.13. The molecule has 0 aliphatic heterocycles. The molecule has 2 N–H and O–H groups in total. The van der Waals surface area contributed by atoms with E-state index in [9.17, 15) is 4.79 Å². The molecule has 0 fully saturated rings. The second-order valence-corrected chi connectivity index (χ2v) is 4.69. The van der Waals surface area contributed by atoms with E-state index in [-0.39, 0.29) is 29.9 Å². The molecule has 0 saturated heterocycles. The molecule has 124 valence electrons. The summed E-state index contributed by atoms with van der Waals surface area (Å²) in [4.78, 5) is 15.4. The summed E-state index contributed by atoms with van der Waals surface area (Å²) in [6.07, 6.45) is 1.15. The van der Waals surface area contributed by atoms with Crippen LogP contribution in [0.1, 0.15) is 30.9 Å². The predicted molar refractivity (Wildman–Crippen MR) is 101 cm³/mol. The number of halogens is 1. The van der Waals surface area contributed by atoms with Gasteiger partial charge in [-0.1, -0.05) is 24.3 Å². The smallest absolute Gasteiger partial charge is 0.305 e. The van der Waals surface area contributed by atoms with Gasteiger partial charge in [-0.05, 0) is 31.4 Å². The van der Waals surface area contributed by atoms with E-state index in [4.69, 9.17) is 4.74 Å². The van der Waals surface area contributed by atoms with Crippen molar-refractivity contribution in [2.24, 2.45) is 4.99 Å². The fourth-order valence-corrected chi connectivity index (χ4v) is 1.88. The van der Waals surface area contributed by atoms with E-state index in [1.54, 1.807) is 7.05 Å². The standard InChI is InChI=1S/C16H25N3O2.HI/c1-4-21-15(20)10-7-11-18-16(17-3)19-12-14-9-6-5-8-13(14)2;/h5-6,8-9H,4,7,10-12H2,1-3H3,(H2,17,18,19);1H. The van der Waals surface area contributed by atoms with Gasteiger partial charge in [0, 0.05) is 26.6 Å². The topological polar surface area (TPSA) is 62.7 Å². The van der Waals surface area contributed by atoms with Crippen molar-refractivity contribution in [1.82, 2.24) is 10.6 Å². The molecule has 1 aromatic rings. The molecule has 0 atom stereocenters. The van der Waals surface area contributed by atoms with Crippen molar-refractivity contribution in [3.63, 3.8) is 0 Å². The highest BCUT2D eigenvalue weighted by Gasteiger charge is 2.03. The Morgan fingerprint density at radius 1 is 1.27 bits per heavy atom. The maximum atomic E-state index is 11.2. The zero-order valence-corrected chi connectivity index (χ0v) is 15.8. The summed E-state index contributed by atoms with van der Waals surface area (Å²) in [6.45, 7) is 5.75. The zero-order chi connectivity index (χ0) is 15.5. The molecule has 22 heavy (non-hydrogen) atoms. The zero-order valence-electron chi connectivity index (χ0n) is 13.5. The molecular weight excluding hydrogens is 393 g/mol. The number of hydrogen-bond donors (Lipinski definition) is 2. The molecule has 1 aromatic carbocycles. The molecule has 0 spiro atoms. The van der Waals surface area contributed by atoms with Gasteiger partial charge >= 0.3 is 5.97 Å². The van der Waals surface area contributed by atoms with E-state index < -0.39 is 0 Å². The number of hydrogen-bond acceptors (Lipinski definition) is 3. The first kappa shape index (κ1) is 20.7. The lowest BCUT2D eigenvalue weighted by molar-refractivity contribution is -0.143. The van der Waals surface area contributed by atoms with Gasteiger partial charge in [0.25, 0.3) is 0 Å². The minimum absolute atomic E-state index is 0. The third-order valence-electron chi connectivity index (χ3n) is 3.09. The van der Waals surface area contributed by atoms with Gasteiger partial charge in [0.15, 0.2) is 5.96 Å². The SMILES string of the molecule is CCOC(=O)CCCNC(=NC)NCc1ccccc1C.I. The Kier molecular flexibility index (Phi) is 11.5. The van der Waals surface area contributed by atoms with Crippen LogP contribution in [0.2, 0.25) is 0 Å². The normalized spacial score (nSPS) is 10.6. The van der Waals surface area contributed by atoms with Crippen molar-refractivity contribution < 1.29 is 9.53 Å². The molecule has 0 saturated carbocycles. The summed E-state index contributed by atoms with van der Waals surface area (Å²) in [7, 11) is 1.73. The number of aliphatic imine (C=N–C) groups is 1. The molecule has 0 aliphatic carbocycles. The molecule has 0 unspecified atom stereocenters.